The zero-order chi connectivity index (χ0) is 13.0. The quantitative estimate of drug-likeness (QED) is 0.836. The van der Waals surface area contributed by atoms with Gasteiger partial charge in [0.1, 0.15) is 0 Å². The van der Waals surface area contributed by atoms with Crippen molar-refractivity contribution in [2.75, 3.05) is 12.3 Å². The highest BCUT2D eigenvalue weighted by Crippen LogP contribution is 2.21. The smallest absolute Gasteiger partial charge is 0.0461 e. The summed E-state index contributed by atoms with van der Waals surface area (Å²) in [5, 5.41) is 0. The van der Waals surface area contributed by atoms with Gasteiger partial charge in [-0.2, -0.15) is 0 Å². The summed E-state index contributed by atoms with van der Waals surface area (Å²) in [5.41, 5.74) is 8.00. The van der Waals surface area contributed by atoms with Gasteiger partial charge in [-0.05, 0) is 53.4 Å². The number of rotatable bonds is 5. The summed E-state index contributed by atoms with van der Waals surface area (Å²) in [6.45, 7) is 11.1. The Bertz CT molecular complexity index is 361. The first-order chi connectivity index (χ1) is 7.90. The molecule has 1 rings (SSSR count). The predicted octanol–water partition coefficient (Wildman–Crippen LogP) is 3.90. The molecule has 0 fully saturated rings. The van der Waals surface area contributed by atoms with Crippen LogP contribution in [0, 0.1) is 5.92 Å². The zero-order valence-corrected chi connectivity index (χ0v) is 12.8. The second-order valence-corrected chi connectivity index (χ2v) is 6.13. The van der Waals surface area contributed by atoms with Crippen LogP contribution >= 0.6 is 15.9 Å². The largest absolute Gasteiger partial charge is 0.398 e. The van der Waals surface area contributed by atoms with Crippen molar-refractivity contribution in [3.8, 4) is 0 Å². The molecule has 17 heavy (non-hydrogen) atoms. The highest BCUT2D eigenvalue weighted by atomic mass is 79.9. The first kappa shape index (κ1) is 14.5. The maximum absolute atomic E-state index is 5.91. The summed E-state index contributed by atoms with van der Waals surface area (Å²) >= 11 is 3.43. The topological polar surface area (TPSA) is 29.3 Å². The number of anilines is 1. The van der Waals surface area contributed by atoms with Gasteiger partial charge in [0.15, 0.2) is 0 Å². The summed E-state index contributed by atoms with van der Waals surface area (Å²) < 4.78 is 0.973. The summed E-state index contributed by atoms with van der Waals surface area (Å²) in [4.78, 5) is 2.48. The first-order valence-corrected chi connectivity index (χ1v) is 6.97. The average molecular weight is 299 g/mol. The van der Waals surface area contributed by atoms with Crippen molar-refractivity contribution in [3.05, 3.63) is 28.2 Å². The van der Waals surface area contributed by atoms with E-state index < -0.39 is 0 Å². The normalized spacial score (nSPS) is 11.8. The number of nitrogen functional groups attached to an aromatic ring is 1. The zero-order valence-electron chi connectivity index (χ0n) is 11.2. The molecule has 0 saturated carbocycles. The van der Waals surface area contributed by atoms with E-state index >= 15 is 0 Å². The lowest BCUT2D eigenvalue weighted by atomic mass is 10.1. The van der Waals surface area contributed by atoms with Gasteiger partial charge in [0.05, 0.1) is 0 Å². The van der Waals surface area contributed by atoms with Gasteiger partial charge in [-0.15, -0.1) is 0 Å². The van der Waals surface area contributed by atoms with E-state index in [2.05, 4.69) is 60.7 Å². The van der Waals surface area contributed by atoms with Crippen LogP contribution in [-0.2, 0) is 6.54 Å². The van der Waals surface area contributed by atoms with Gasteiger partial charge in [0.25, 0.3) is 0 Å². The Hall–Kier alpha value is -0.540. The van der Waals surface area contributed by atoms with E-state index in [4.69, 9.17) is 5.73 Å². The molecule has 1 aromatic carbocycles. The molecule has 0 radical (unpaired) electrons. The molecular weight excluding hydrogens is 276 g/mol. The molecule has 2 N–H and O–H groups in total. The van der Waals surface area contributed by atoms with E-state index in [1.54, 1.807) is 0 Å². The van der Waals surface area contributed by atoms with Crippen molar-refractivity contribution in [3.63, 3.8) is 0 Å². The molecule has 96 valence electrons. The molecule has 0 aromatic heterocycles. The Morgan fingerprint density at radius 2 is 1.88 bits per heavy atom. The Morgan fingerprint density at radius 3 is 2.35 bits per heavy atom. The number of nitrogens with two attached hydrogens (primary N) is 1. The summed E-state index contributed by atoms with van der Waals surface area (Å²) in [6, 6.07) is 6.77. The fourth-order valence-electron chi connectivity index (χ4n) is 1.85. The van der Waals surface area contributed by atoms with E-state index in [0.29, 0.717) is 12.0 Å². The fourth-order valence-corrected chi connectivity index (χ4v) is 2.10. The molecule has 0 unspecified atom stereocenters. The van der Waals surface area contributed by atoms with Crippen LogP contribution < -0.4 is 5.73 Å². The van der Waals surface area contributed by atoms with E-state index in [1.165, 1.54) is 5.56 Å². The van der Waals surface area contributed by atoms with Crippen LogP contribution in [0.4, 0.5) is 5.69 Å². The molecule has 0 atom stereocenters. The Labute approximate surface area is 113 Å². The predicted molar refractivity (Wildman–Crippen MR) is 78.9 cm³/mol. The number of hydrogen-bond acceptors (Lipinski definition) is 2. The molecule has 0 bridgehead atoms. The molecule has 0 saturated heterocycles. The number of nitrogens with zero attached hydrogens (tertiary/aromatic N) is 1. The SMILES string of the molecule is CC(C)CN(Cc1ccc(Br)c(N)c1)C(C)C. The van der Waals surface area contributed by atoms with E-state index in [-0.39, 0.29) is 0 Å². The van der Waals surface area contributed by atoms with Crippen molar-refractivity contribution < 1.29 is 0 Å². The summed E-state index contributed by atoms with van der Waals surface area (Å²) in [5.74, 6) is 0.685. The second kappa shape index (κ2) is 6.41. The average Bonchev–Trinajstić information content (AvgIpc) is 2.21. The van der Waals surface area contributed by atoms with Crippen LogP contribution in [0.2, 0.25) is 0 Å². The van der Waals surface area contributed by atoms with E-state index in [0.717, 1.165) is 23.2 Å². The molecule has 3 heteroatoms. The molecule has 0 amide bonds. The minimum absolute atomic E-state index is 0.558. The van der Waals surface area contributed by atoms with Crippen molar-refractivity contribution in [1.82, 2.24) is 4.90 Å². The standard InChI is InChI=1S/C14H23BrN2/c1-10(2)8-17(11(3)4)9-12-5-6-13(15)14(16)7-12/h5-7,10-11H,8-9,16H2,1-4H3. The summed E-state index contributed by atoms with van der Waals surface area (Å²) in [7, 11) is 0. The van der Waals surface area contributed by atoms with E-state index in [1.807, 2.05) is 6.07 Å². The molecule has 0 heterocycles. The van der Waals surface area contributed by atoms with Crippen LogP contribution in [0.1, 0.15) is 33.3 Å². The summed E-state index contributed by atoms with van der Waals surface area (Å²) in [6.07, 6.45) is 0. The third-order valence-corrected chi connectivity index (χ3v) is 3.50. The van der Waals surface area contributed by atoms with Gasteiger partial charge < -0.3 is 5.73 Å². The Morgan fingerprint density at radius 1 is 1.24 bits per heavy atom. The van der Waals surface area contributed by atoms with Gasteiger partial charge in [-0.3, -0.25) is 4.90 Å². The third-order valence-electron chi connectivity index (χ3n) is 2.78. The van der Waals surface area contributed by atoms with Gasteiger partial charge in [-0.25, -0.2) is 0 Å². The highest BCUT2D eigenvalue weighted by Gasteiger charge is 2.12. The molecule has 0 aliphatic heterocycles. The van der Waals surface area contributed by atoms with Gasteiger partial charge in [-0.1, -0.05) is 19.9 Å². The molecule has 0 aliphatic carbocycles. The number of benzene rings is 1. The molecular formula is C14H23BrN2. The Kier molecular flexibility index (Phi) is 5.47. The second-order valence-electron chi connectivity index (χ2n) is 5.27. The van der Waals surface area contributed by atoms with Gasteiger partial charge >= 0.3 is 0 Å². The molecule has 2 nitrogen and oxygen atoms in total. The molecule has 1 aromatic rings. The third kappa shape index (κ3) is 4.68. The maximum atomic E-state index is 5.91. The van der Waals surface area contributed by atoms with E-state index in [9.17, 15) is 0 Å². The van der Waals surface area contributed by atoms with Crippen LogP contribution in [0.15, 0.2) is 22.7 Å². The van der Waals surface area contributed by atoms with Crippen molar-refractivity contribution in [2.45, 2.75) is 40.3 Å². The molecule has 0 aliphatic rings. The minimum atomic E-state index is 0.558. The lowest BCUT2D eigenvalue weighted by molar-refractivity contribution is 0.189. The van der Waals surface area contributed by atoms with Crippen LogP contribution in [0.3, 0.4) is 0 Å². The first-order valence-electron chi connectivity index (χ1n) is 6.18. The number of halogens is 1. The molecule has 0 spiro atoms. The van der Waals surface area contributed by atoms with Crippen LogP contribution in [0.5, 0.6) is 0 Å². The fraction of sp³-hybridized carbons (Fsp3) is 0.571. The van der Waals surface area contributed by atoms with Crippen molar-refractivity contribution in [2.24, 2.45) is 5.92 Å². The van der Waals surface area contributed by atoms with Crippen molar-refractivity contribution >= 4 is 21.6 Å². The highest BCUT2D eigenvalue weighted by molar-refractivity contribution is 9.10. The van der Waals surface area contributed by atoms with Crippen LogP contribution in [-0.4, -0.2) is 17.5 Å². The monoisotopic (exact) mass is 298 g/mol. The van der Waals surface area contributed by atoms with Gasteiger partial charge in [0.2, 0.25) is 0 Å². The lowest BCUT2D eigenvalue weighted by Crippen LogP contribution is -2.33. The van der Waals surface area contributed by atoms with Crippen LogP contribution in [0.25, 0.3) is 0 Å². The Balaban J connectivity index is 2.75. The lowest BCUT2D eigenvalue weighted by Gasteiger charge is -2.28. The number of hydrogen-bond donors (Lipinski definition) is 1. The minimum Gasteiger partial charge on any atom is -0.398 e. The maximum Gasteiger partial charge on any atom is 0.0461 e. The van der Waals surface area contributed by atoms with Crippen molar-refractivity contribution in [1.29, 1.82) is 0 Å². The van der Waals surface area contributed by atoms with Gasteiger partial charge in [0, 0.05) is 29.3 Å².